The SMILES string of the molecule is Cl.Nc1ncc(-c2cc(OCc3ccccn3)nc3c2CCC3)cn1. The number of ether oxygens (including phenoxy) is 1. The summed E-state index contributed by atoms with van der Waals surface area (Å²) in [5.74, 6) is 0.879. The molecule has 6 nitrogen and oxygen atoms in total. The summed E-state index contributed by atoms with van der Waals surface area (Å²) in [7, 11) is 0. The van der Waals surface area contributed by atoms with Gasteiger partial charge in [-0.15, -0.1) is 12.4 Å². The first-order chi connectivity index (χ1) is 11.8. The van der Waals surface area contributed by atoms with Gasteiger partial charge in [0.1, 0.15) is 6.61 Å². The number of hydrogen-bond donors (Lipinski definition) is 1. The fraction of sp³-hybridized carbons (Fsp3) is 0.222. The van der Waals surface area contributed by atoms with E-state index in [2.05, 4.69) is 19.9 Å². The Morgan fingerprint density at radius 3 is 2.68 bits per heavy atom. The second-order valence-electron chi connectivity index (χ2n) is 5.73. The molecule has 0 amide bonds. The highest BCUT2D eigenvalue weighted by molar-refractivity contribution is 5.85. The van der Waals surface area contributed by atoms with E-state index in [0.29, 0.717) is 12.5 Å². The maximum Gasteiger partial charge on any atom is 0.219 e. The number of aryl methyl sites for hydroxylation is 1. The van der Waals surface area contributed by atoms with Gasteiger partial charge in [-0.25, -0.2) is 15.0 Å². The highest BCUT2D eigenvalue weighted by Gasteiger charge is 2.20. The molecule has 3 aromatic heterocycles. The predicted octanol–water partition coefficient (Wildman–Crippen LogP) is 3.01. The Labute approximate surface area is 151 Å². The summed E-state index contributed by atoms with van der Waals surface area (Å²) in [6.45, 7) is 0.393. The molecule has 0 atom stereocenters. The van der Waals surface area contributed by atoms with Gasteiger partial charge in [-0.3, -0.25) is 4.98 Å². The van der Waals surface area contributed by atoms with Crippen molar-refractivity contribution in [3.8, 4) is 17.0 Å². The quantitative estimate of drug-likeness (QED) is 0.774. The number of anilines is 1. The maximum atomic E-state index is 5.86. The molecule has 0 aliphatic heterocycles. The van der Waals surface area contributed by atoms with Crippen molar-refractivity contribution in [2.75, 3.05) is 5.73 Å². The molecule has 0 aromatic carbocycles. The zero-order valence-electron chi connectivity index (χ0n) is 13.6. The highest BCUT2D eigenvalue weighted by atomic mass is 35.5. The van der Waals surface area contributed by atoms with E-state index in [1.165, 1.54) is 5.56 Å². The molecule has 1 aliphatic carbocycles. The van der Waals surface area contributed by atoms with Gasteiger partial charge in [0.05, 0.1) is 5.69 Å². The monoisotopic (exact) mass is 355 g/mol. The summed E-state index contributed by atoms with van der Waals surface area (Å²) in [4.78, 5) is 17.1. The van der Waals surface area contributed by atoms with Gasteiger partial charge in [-0.05, 0) is 42.5 Å². The standard InChI is InChI=1S/C18H17N5O.ClH/c19-18-21-9-12(10-22-18)15-8-17(23-16-6-3-5-14(15)16)24-11-13-4-1-2-7-20-13;/h1-2,4,7-10H,3,5-6,11H2,(H2,19,21,22);1H. The van der Waals surface area contributed by atoms with Gasteiger partial charge in [-0.2, -0.15) is 0 Å². The molecule has 1 aliphatic rings. The van der Waals surface area contributed by atoms with Crippen LogP contribution in [0.4, 0.5) is 5.95 Å². The molecule has 0 spiro atoms. The van der Waals surface area contributed by atoms with Crippen LogP contribution < -0.4 is 10.5 Å². The van der Waals surface area contributed by atoms with Gasteiger partial charge in [0.25, 0.3) is 0 Å². The van der Waals surface area contributed by atoms with Crippen molar-refractivity contribution in [1.82, 2.24) is 19.9 Å². The Bertz CT molecular complexity index is 855. The van der Waals surface area contributed by atoms with Crippen molar-refractivity contribution in [2.24, 2.45) is 0 Å². The number of halogens is 1. The minimum atomic E-state index is 0. The van der Waals surface area contributed by atoms with Crippen LogP contribution in [0.1, 0.15) is 23.4 Å². The van der Waals surface area contributed by atoms with E-state index in [0.717, 1.165) is 41.8 Å². The number of nitrogen functional groups attached to an aromatic ring is 1. The lowest BCUT2D eigenvalue weighted by Gasteiger charge is -2.12. The van der Waals surface area contributed by atoms with Crippen LogP contribution in [0, 0.1) is 0 Å². The third-order valence-corrected chi connectivity index (χ3v) is 4.10. The van der Waals surface area contributed by atoms with Crippen LogP contribution in [-0.4, -0.2) is 19.9 Å². The number of pyridine rings is 2. The van der Waals surface area contributed by atoms with Crippen molar-refractivity contribution in [3.63, 3.8) is 0 Å². The van der Waals surface area contributed by atoms with Crippen molar-refractivity contribution < 1.29 is 4.74 Å². The van der Waals surface area contributed by atoms with Crippen molar-refractivity contribution in [3.05, 3.63) is 59.8 Å². The Morgan fingerprint density at radius 2 is 1.92 bits per heavy atom. The van der Waals surface area contributed by atoms with Crippen LogP contribution in [0.15, 0.2) is 42.9 Å². The van der Waals surface area contributed by atoms with Gasteiger partial charge in [-0.1, -0.05) is 6.07 Å². The van der Waals surface area contributed by atoms with Crippen LogP contribution in [0.3, 0.4) is 0 Å². The third kappa shape index (κ3) is 3.69. The fourth-order valence-electron chi connectivity index (χ4n) is 2.96. The summed E-state index contributed by atoms with van der Waals surface area (Å²) in [5, 5.41) is 0. The van der Waals surface area contributed by atoms with E-state index >= 15 is 0 Å². The lowest BCUT2D eigenvalue weighted by molar-refractivity contribution is 0.288. The lowest BCUT2D eigenvalue weighted by Crippen LogP contribution is -2.02. The predicted molar refractivity (Wildman–Crippen MR) is 97.5 cm³/mol. The molecule has 0 bridgehead atoms. The smallest absolute Gasteiger partial charge is 0.219 e. The topological polar surface area (TPSA) is 86.8 Å². The highest BCUT2D eigenvalue weighted by Crippen LogP contribution is 2.33. The number of fused-ring (bicyclic) bond motifs is 1. The molecule has 3 heterocycles. The van der Waals surface area contributed by atoms with Crippen LogP contribution in [0.5, 0.6) is 5.88 Å². The zero-order chi connectivity index (χ0) is 16.4. The first-order valence-electron chi connectivity index (χ1n) is 7.93. The van der Waals surface area contributed by atoms with Crippen LogP contribution >= 0.6 is 12.4 Å². The summed E-state index contributed by atoms with van der Waals surface area (Å²) < 4.78 is 5.86. The molecule has 0 saturated heterocycles. The normalized spacial score (nSPS) is 12.3. The Kier molecular flexibility index (Phi) is 5.09. The molecule has 0 radical (unpaired) electrons. The molecule has 0 fully saturated rings. The first kappa shape index (κ1) is 17.1. The molecule has 2 N–H and O–H groups in total. The van der Waals surface area contributed by atoms with Gasteiger partial charge >= 0.3 is 0 Å². The number of aromatic nitrogens is 4. The lowest BCUT2D eigenvalue weighted by atomic mass is 10.0. The first-order valence-corrected chi connectivity index (χ1v) is 7.93. The molecule has 128 valence electrons. The molecular formula is C18H18ClN5O. The largest absolute Gasteiger partial charge is 0.471 e. The summed E-state index contributed by atoms with van der Waals surface area (Å²) >= 11 is 0. The maximum absolute atomic E-state index is 5.86. The molecule has 7 heteroatoms. The number of rotatable bonds is 4. The zero-order valence-corrected chi connectivity index (χ0v) is 14.4. The van der Waals surface area contributed by atoms with E-state index < -0.39 is 0 Å². The van der Waals surface area contributed by atoms with E-state index in [9.17, 15) is 0 Å². The molecule has 25 heavy (non-hydrogen) atoms. The number of nitrogens with two attached hydrogens (primary N) is 1. The Balaban J connectivity index is 0.00000182. The van der Waals surface area contributed by atoms with Gasteiger partial charge in [0.2, 0.25) is 11.8 Å². The number of hydrogen-bond acceptors (Lipinski definition) is 6. The van der Waals surface area contributed by atoms with Crippen molar-refractivity contribution in [2.45, 2.75) is 25.9 Å². The van der Waals surface area contributed by atoms with E-state index in [1.54, 1.807) is 18.6 Å². The summed E-state index contributed by atoms with van der Waals surface area (Å²) in [6, 6.07) is 7.72. The number of nitrogens with zero attached hydrogens (tertiary/aromatic N) is 4. The van der Waals surface area contributed by atoms with E-state index in [-0.39, 0.29) is 18.4 Å². The van der Waals surface area contributed by atoms with Gasteiger partial charge in [0, 0.05) is 35.9 Å². The summed E-state index contributed by atoms with van der Waals surface area (Å²) in [6.07, 6.45) is 8.35. The molecule has 4 rings (SSSR count). The van der Waals surface area contributed by atoms with Crippen LogP contribution in [0.2, 0.25) is 0 Å². The molecular weight excluding hydrogens is 338 g/mol. The summed E-state index contributed by atoms with van der Waals surface area (Å²) in [5.41, 5.74) is 10.8. The average Bonchev–Trinajstić information content (AvgIpc) is 3.09. The molecule has 0 saturated carbocycles. The van der Waals surface area contributed by atoms with Crippen molar-refractivity contribution in [1.29, 1.82) is 0 Å². The Hall–Kier alpha value is -2.73. The second kappa shape index (κ2) is 7.44. The third-order valence-electron chi connectivity index (χ3n) is 4.10. The van der Waals surface area contributed by atoms with E-state index in [4.69, 9.17) is 10.5 Å². The minimum absolute atomic E-state index is 0. The van der Waals surface area contributed by atoms with Crippen LogP contribution in [-0.2, 0) is 19.4 Å². The Morgan fingerprint density at radius 1 is 1.08 bits per heavy atom. The van der Waals surface area contributed by atoms with Gasteiger partial charge in [0.15, 0.2) is 0 Å². The molecule has 0 unspecified atom stereocenters. The minimum Gasteiger partial charge on any atom is -0.471 e. The van der Waals surface area contributed by atoms with Crippen LogP contribution in [0.25, 0.3) is 11.1 Å². The van der Waals surface area contributed by atoms with Crippen molar-refractivity contribution >= 4 is 18.4 Å². The van der Waals surface area contributed by atoms with Gasteiger partial charge < -0.3 is 10.5 Å². The second-order valence-corrected chi connectivity index (χ2v) is 5.73. The fourth-order valence-corrected chi connectivity index (χ4v) is 2.96. The molecule has 3 aromatic rings. The average molecular weight is 356 g/mol. The van der Waals surface area contributed by atoms with E-state index in [1.807, 2.05) is 24.3 Å².